The monoisotopic (exact) mass is 303 g/mol. The number of nitrogens with one attached hydrogen (secondary N) is 1. The standard InChI is InChI=1S/C4H9NO.CH4O.W/c6-4-1-2-5-3-4;1-2;/h4-6H,1-3H2;2H,1H3;. The first-order valence-electron chi connectivity index (χ1n) is 2.73. The van der Waals surface area contributed by atoms with Crippen molar-refractivity contribution in [2.75, 3.05) is 20.2 Å². The average molecular weight is 303 g/mol. The van der Waals surface area contributed by atoms with Crippen molar-refractivity contribution < 1.29 is 31.3 Å². The molecule has 1 rings (SSSR count). The van der Waals surface area contributed by atoms with Gasteiger partial charge < -0.3 is 15.5 Å². The van der Waals surface area contributed by atoms with Gasteiger partial charge in [0, 0.05) is 34.7 Å². The van der Waals surface area contributed by atoms with Crippen LogP contribution in [0.3, 0.4) is 0 Å². The second-order valence-corrected chi connectivity index (χ2v) is 1.65. The van der Waals surface area contributed by atoms with E-state index in [0.29, 0.717) is 0 Å². The quantitative estimate of drug-likeness (QED) is 0.535. The van der Waals surface area contributed by atoms with Gasteiger partial charge in [-0.15, -0.1) is 0 Å². The van der Waals surface area contributed by atoms with Gasteiger partial charge in [-0.2, -0.15) is 0 Å². The van der Waals surface area contributed by atoms with Gasteiger partial charge in [-0.25, -0.2) is 0 Å². The van der Waals surface area contributed by atoms with E-state index in [4.69, 9.17) is 10.2 Å². The molecule has 3 nitrogen and oxygen atoms in total. The summed E-state index contributed by atoms with van der Waals surface area (Å²) >= 11 is 0. The summed E-state index contributed by atoms with van der Waals surface area (Å²) in [4.78, 5) is 0. The van der Waals surface area contributed by atoms with Crippen LogP contribution in [0.25, 0.3) is 0 Å². The van der Waals surface area contributed by atoms with Crippen LogP contribution in [-0.4, -0.2) is 36.5 Å². The van der Waals surface area contributed by atoms with Crippen LogP contribution < -0.4 is 5.32 Å². The summed E-state index contributed by atoms with van der Waals surface area (Å²) in [7, 11) is 1.00. The van der Waals surface area contributed by atoms with Gasteiger partial charge in [0.2, 0.25) is 0 Å². The van der Waals surface area contributed by atoms with Crippen LogP contribution in [0.15, 0.2) is 0 Å². The SMILES string of the molecule is CO.OC1CCNC1.[W]. The van der Waals surface area contributed by atoms with Crippen LogP contribution in [0.5, 0.6) is 0 Å². The fourth-order valence-corrected chi connectivity index (χ4v) is 0.639. The molecule has 1 atom stereocenters. The van der Waals surface area contributed by atoms with Crippen LogP contribution in [0.1, 0.15) is 6.42 Å². The van der Waals surface area contributed by atoms with Gasteiger partial charge in [-0.3, -0.25) is 0 Å². The number of aliphatic hydroxyl groups is 2. The van der Waals surface area contributed by atoms with Gasteiger partial charge in [0.05, 0.1) is 6.10 Å². The summed E-state index contributed by atoms with van der Waals surface area (Å²) in [6, 6.07) is 0. The van der Waals surface area contributed by atoms with Gasteiger partial charge in [0.15, 0.2) is 0 Å². The molecule has 0 aliphatic carbocycles. The van der Waals surface area contributed by atoms with E-state index in [2.05, 4.69) is 5.32 Å². The second-order valence-electron chi connectivity index (χ2n) is 1.65. The van der Waals surface area contributed by atoms with Crippen LogP contribution in [-0.2, 0) is 21.1 Å². The summed E-state index contributed by atoms with van der Waals surface area (Å²) in [6.07, 6.45) is 0.866. The van der Waals surface area contributed by atoms with E-state index in [9.17, 15) is 0 Å². The van der Waals surface area contributed by atoms with Crippen molar-refractivity contribution in [3.8, 4) is 0 Å². The zero-order valence-electron chi connectivity index (χ0n) is 5.50. The Morgan fingerprint density at radius 2 is 2.00 bits per heavy atom. The Morgan fingerprint density at radius 3 is 2.11 bits per heavy atom. The van der Waals surface area contributed by atoms with Gasteiger partial charge in [-0.1, -0.05) is 0 Å². The zero-order valence-corrected chi connectivity index (χ0v) is 8.43. The molecule has 9 heavy (non-hydrogen) atoms. The molecule has 0 amide bonds. The molecule has 1 fully saturated rings. The van der Waals surface area contributed by atoms with E-state index in [1.165, 1.54) is 0 Å². The molecule has 1 aliphatic rings. The van der Waals surface area contributed by atoms with Crippen molar-refractivity contribution in [3.05, 3.63) is 0 Å². The summed E-state index contributed by atoms with van der Waals surface area (Å²) in [5.41, 5.74) is 0. The van der Waals surface area contributed by atoms with Crippen molar-refractivity contribution in [2.24, 2.45) is 0 Å². The molecule has 0 aromatic rings. The van der Waals surface area contributed by atoms with E-state index in [1.807, 2.05) is 0 Å². The van der Waals surface area contributed by atoms with Crippen LogP contribution in [0, 0.1) is 0 Å². The average Bonchev–Trinajstić information content (AvgIpc) is 2.24. The number of hydrogen-bond donors (Lipinski definition) is 3. The third-order valence-corrected chi connectivity index (χ3v) is 1.03. The van der Waals surface area contributed by atoms with Crippen molar-refractivity contribution in [2.45, 2.75) is 12.5 Å². The van der Waals surface area contributed by atoms with Gasteiger partial charge in [0.1, 0.15) is 0 Å². The predicted molar refractivity (Wildman–Crippen MR) is 31.6 cm³/mol. The molecule has 4 heteroatoms. The molecule has 0 aromatic carbocycles. The van der Waals surface area contributed by atoms with Gasteiger partial charge in [-0.05, 0) is 13.0 Å². The zero-order chi connectivity index (χ0) is 6.41. The molecular formula is C5H13NO2W. The van der Waals surface area contributed by atoms with Crippen molar-refractivity contribution >= 4 is 0 Å². The third kappa shape index (κ3) is 6.45. The molecule has 0 saturated carbocycles. The number of aliphatic hydroxyl groups excluding tert-OH is 2. The van der Waals surface area contributed by atoms with Crippen LogP contribution in [0.4, 0.5) is 0 Å². The van der Waals surface area contributed by atoms with Crippen molar-refractivity contribution in [1.82, 2.24) is 5.32 Å². The molecule has 0 aromatic heterocycles. The summed E-state index contributed by atoms with van der Waals surface area (Å²) in [5, 5.41) is 18.7. The molecule has 1 aliphatic heterocycles. The normalized spacial score (nSPS) is 23.7. The molecular weight excluding hydrogens is 290 g/mol. The Balaban J connectivity index is 0. The minimum absolute atomic E-state index is 0. The van der Waals surface area contributed by atoms with Crippen molar-refractivity contribution in [3.63, 3.8) is 0 Å². The Bertz CT molecular complexity index is 48.2. The van der Waals surface area contributed by atoms with Crippen LogP contribution >= 0.6 is 0 Å². The first kappa shape index (κ1) is 12.3. The number of hydrogen-bond acceptors (Lipinski definition) is 3. The summed E-state index contributed by atoms with van der Waals surface area (Å²) in [6.45, 7) is 1.78. The van der Waals surface area contributed by atoms with E-state index < -0.39 is 0 Å². The number of β-amino-alcohol motifs (C(OH)–C–C–N with tert-alkyl or cyclic N) is 1. The topological polar surface area (TPSA) is 52.5 Å². The summed E-state index contributed by atoms with van der Waals surface area (Å²) in [5.74, 6) is 0. The Hall–Kier alpha value is 0.568. The molecule has 56 valence electrons. The van der Waals surface area contributed by atoms with Gasteiger partial charge >= 0.3 is 0 Å². The van der Waals surface area contributed by atoms with E-state index in [-0.39, 0.29) is 27.2 Å². The maximum absolute atomic E-state index is 8.67. The minimum Gasteiger partial charge on any atom is -0.400 e. The molecule has 1 heterocycles. The van der Waals surface area contributed by atoms with E-state index >= 15 is 0 Å². The van der Waals surface area contributed by atoms with E-state index in [0.717, 1.165) is 26.6 Å². The number of rotatable bonds is 0. The Labute approximate surface area is 69.7 Å². The van der Waals surface area contributed by atoms with Crippen LogP contribution in [0.2, 0.25) is 0 Å². The third-order valence-electron chi connectivity index (χ3n) is 1.03. The fourth-order valence-electron chi connectivity index (χ4n) is 0.639. The minimum atomic E-state index is -0.0648. The first-order valence-corrected chi connectivity index (χ1v) is 2.73. The summed E-state index contributed by atoms with van der Waals surface area (Å²) < 4.78 is 0. The molecule has 1 saturated heterocycles. The first-order chi connectivity index (χ1) is 3.89. The largest absolute Gasteiger partial charge is 0.400 e. The van der Waals surface area contributed by atoms with Gasteiger partial charge in [0.25, 0.3) is 0 Å². The van der Waals surface area contributed by atoms with E-state index in [1.54, 1.807) is 0 Å². The van der Waals surface area contributed by atoms with Crippen molar-refractivity contribution in [1.29, 1.82) is 0 Å². The maximum Gasteiger partial charge on any atom is 0.0676 e. The molecule has 0 spiro atoms. The Kier molecular flexibility index (Phi) is 11.7. The molecule has 1 unspecified atom stereocenters. The second kappa shape index (κ2) is 8.57. The predicted octanol–water partition coefficient (Wildman–Crippen LogP) is -1.05. The maximum atomic E-state index is 8.67. The Morgan fingerprint density at radius 1 is 1.44 bits per heavy atom. The molecule has 0 bridgehead atoms. The molecule has 0 radical (unpaired) electrons. The smallest absolute Gasteiger partial charge is 0.0676 e. The fraction of sp³-hybridized carbons (Fsp3) is 1.00. The molecule has 3 N–H and O–H groups in total.